The Morgan fingerprint density at radius 2 is 2.04 bits per heavy atom. The minimum atomic E-state index is -0.808. The first kappa shape index (κ1) is 20.1. The SMILES string of the molecule is COC(=O)C1=C(C(=O)OC)N(c2c(F)cccc2OCC2CCCO2)COC1. The van der Waals surface area contributed by atoms with E-state index in [4.69, 9.17) is 23.7 Å². The average molecular weight is 395 g/mol. The van der Waals surface area contributed by atoms with Crippen LogP contribution in [0.5, 0.6) is 5.75 Å². The average Bonchev–Trinajstić information content (AvgIpc) is 3.24. The number of esters is 2. The first-order valence-corrected chi connectivity index (χ1v) is 8.84. The maximum atomic E-state index is 14.8. The molecule has 0 amide bonds. The lowest BCUT2D eigenvalue weighted by Crippen LogP contribution is -2.39. The van der Waals surface area contributed by atoms with E-state index in [1.807, 2.05) is 0 Å². The summed E-state index contributed by atoms with van der Waals surface area (Å²) in [5.74, 6) is -2.01. The summed E-state index contributed by atoms with van der Waals surface area (Å²) in [5, 5.41) is 0. The van der Waals surface area contributed by atoms with Crippen molar-refractivity contribution in [2.24, 2.45) is 0 Å². The fourth-order valence-corrected chi connectivity index (χ4v) is 3.15. The zero-order chi connectivity index (χ0) is 20.1. The van der Waals surface area contributed by atoms with Crippen LogP contribution in [0.25, 0.3) is 0 Å². The summed E-state index contributed by atoms with van der Waals surface area (Å²) < 4.78 is 41.0. The number of benzene rings is 1. The Labute approximate surface area is 161 Å². The second-order valence-corrected chi connectivity index (χ2v) is 6.25. The van der Waals surface area contributed by atoms with Crippen molar-refractivity contribution in [3.05, 3.63) is 35.3 Å². The number of hydrogen-bond acceptors (Lipinski definition) is 8. The predicted molar refractivity (Wildman–Crippen MR) is 95.2 cm³/mol. The molecule has 0 bridgehead atoms. The number of carbonyl (C=O) groups is 2. The number of para-hydroxylation sites is 1. The van der Waals surface area contributed by atoms with E-state index in [-0.39, 0.29) is 48.8 Å². The first-order valence-electron chi connectivity index (χ1n) is 8.84. The molecule has 2 heterocycles. The highest BCUT2D eigenvalue weighted by atomic mass is 19.1. The number of hydrogen-bond donors (Lipinski definition) is 0. The van der Waals surface area contributed by atoms with Crippen LogP contribution in [0.4, 0.5) is 10.1 Å². The highest BCUT2D eigenvalue weighted by Gasteiger charge is 2.35. The normalized spacial score (nSPS) is 19.5. The number of anilines is 1. The molecule has 1 atom stereocenters. The molecule has 0 aliphatic carbocycles. The van der Waals surface area contributed by atoms with Crippen LogP contribution < -0.4 is 9.64 Å². The first-order chi connectivity index (χ1) is 13.6. The minimum Gasteiger partial charge on any atom is -0.489 e. The molecule has 1 aromatic rings. The summed E-state index contributed by atoms with van der Waals surface area (Å²) in [4.78, 5) is 25.7. The molecule has 3 rings (SSSR count). The van der Waals surface area contributed by atoms with Crippen molar-refractivity contribution >= 4 is 17.6 Å². The van der Waals surface area contributed by atoms with Crippen LogP contribution in [0.15, 0.2) is 29.5 Å². The molecule has 1 fully saturated rings. The summed E-state index contributed by atoms with van der Waals surface area (Å²) in [6.07, 6.45) is 1.73. The van der Waals surface area contributed by atoms with E-state index in [0.717, 1.165) is 12.8 Å². The third-order valence-corrected chi connectivity index (χ3v) is 4.50. The van der Waals surface area contributed by atoms with E-state index >= 15 is 0 Å². The van der Waals surface area contributed by atoms with Crippen LogP contribution >= 0.6 is 0 Å². The van der Waals surface area contributed by atoms with Gasteiger partial charge in [0.05, 0.1) is 32.5 Å². The molecular formula is C19H22FNO7. The molecule has 152 valence electrons. The van der Waals surface area contributed by atoms with Crippen LogP contribution in [-0.4, -0.2) is 58.8 Å². The van der Waals surface area contributed by atoms with Crippen molar-refractivity contribution in [1.29, 1.82) is 0 Å². The maximum absolute atomic E-state index is 14.8. The van der Waals surface area contributed by atoms with Crippen molar-refractivity contribution in [2.75, 3.05) is 45.7 Å². The molecule has 1 saturated heterocycles. The Kier molecular flexibility index (Phi) is 6.48. The summed E-state index contributed by atoms with van der Waals surface area (Å²) in [6.45, 7) is 0.588. The summed E-state index contributed by atoms with van der Waals surface area (Å²) >= 11 is 0. The van der Waals surface area contributed by atoms with Gasteiger partial charge in [-0.3, -0.25) is 0 Å². The largest absolute Gasteiger partial charge is 0.489 e. The Morgan fingerprint density at radius 1 is 1.25 bits per heavy atom. The molecule has 8 nitrogen and oxygen atoms in total. The molecule has 1 aromatic carbocycles. The van der Waals surface area contributed by atoms with Crippen molar-refractivity contribution in [3.8, 4) is 5.75 Å². The van der Waals surface area contributed by atoms with Crippen molar-refractivity contribution in [3.63, 3.8) is 0 Å². The van der Waals surface area contributed by atoms with E-state index in [0.29, 0.717) is 6.61 Å². The Balaban J connectivity index is 1.99. The highest BCUT2D eigenvalue weighted by Crippen LogP contribution is 2.36. The molecule has 0 aromatic heterocycles. The van der Waals surface area contributed by atoms with Gasteiger partial charge in [-0.15, -0.1) is 0 Å². The van der Waals surface area contributed by atoms with Gasteiger partial charge in [-0.05, 0) is 25.0 Å². The standard InChI is InChI=1S/C19H22FNO7/c1-24-18(22)13-10-26-11-21(16(13)19(23)25-2)17-14(20)6-3-7-15(17)28-9-12-5-4-8-27-12/h3,6-7,12H,4-5,8-11H2,1-2H3. The van der Waals surface area contributed by atoms with E-state index in [2.05, 4.69) is 0 Å². The molecule has 9 heteroatoms. The molecule has 0 spiro atoms. The molecular weight excluding hydrogens is 373 g/mol. The van der Waals surface area contributed by atoms with Gasteiger partial charge in [0.25, 0.3) is 0 Å². The lowest BCUT2D eigenvalue weighted by Gasteiger charge is -2.32. The molecule has 28 heavy (non-hydrogen) atoms. The van der Waals surface area contributed by atoms with E-state index in [1.165, 1.54) is 31.3 Å². The van der Waals surface area contributed by atoms with Crippen LogP contribution in [0.2, 0.25) is 0 Å². The Morgan fingerprint density at radius 3 is 2.71 bits per heavy atom. The summed E-state index contributed by atoms with van der Waals surface area (Å²) in [6, 6.07) is 4.31. The molecule has 0 N–H and O–H groups in total. The van der Waals surface area contributed by atoms with Crippen molar-refractivity contribution in [2.45, 2.75) is 18.9 Å². The number of methoxy groups -OCH3 is 2. The van der Waals surface area contributed by atoms with E-state index < -0.39 is 17.8 Å². The van der Waals surface area contributed by atoms with Gasteiger partial charge in [0.15, 0.2) is 5.82 Å². The highest BCUT2D eigenvalue weighted by molar-refractivity contribution is 6.03. The van der Waals surface area contributed by atoms with Gasteiger partial charge in [0, 0.05) is 6.61 Å². The molecule has 0 saturated carbocycles. The van der Waals surface area contributed by atoms with Gasteiger partial charge in [-0.2, -0.15) is 0 Å². The fraction of sp³-hybridized carbons (Fsp3) is 0.474. The summed E-state index contributed by atoms with van der Waals surface area (Å²) in [5.41, 5.74) is -0.233. The van der Waals surface area contributed by atoms with Crippen LogP contribution in [0, 0.1) is 5.82 Å². The third kappa shape index (κ3) is 4.10. The quantitative estimate of drug-likeness (QED) is 0.674. The fourth-order valence-electron chi connectivity index (χ4n) is 3.15. The zero-order valence-corrected chi connectivity index (χ0v) is 15.7. The number of carbonyl (C=O) groups excluding carboxylic acids is 2. The second kappa shape index (κ2) is 9.03. The van der Waals surface area contributed by atoms with Crippen molar-refractivity contribution in [1.82, 2.24) is 0 Å². The lowest BCUT2D eigenvalue weighted by molar-refractivity contribution is -0.140. The predicted octanol–water partition coefficient (Wildman–Crippen LogP) is 1.78. The number of nitrogens with zero attached hydrogens (tertiary/aromatic N) is 1. The van der Waals surface area contributed by atoms with Gasteiger partial charge < -0.3 is 28.6 Å². The Hall–Kier alpha value is -2.65. The van der Waals surface area contributed by atoms with Crippen LogP contribution in [-0.2, 0) is 28.5 Å². The number of rotatable bonds is 6. The van der Waals surface area contributed by atoms with E-state index in [1.54, 1.807) is 6.07 Å². The molecule has 2 aliphatic rings. The molecule has 2 aliphatic heterocycles. The van der Waals surface area contributed by atoms with Gasteiger partial charge in [-0.25, -0.2) is 14.0 Å². The minimum absolute atomic E-state index is 0.0259. The van der Waals surface area contributed by atoms with Crippen LogP contribution in [0.1, 0.15) is 12.8 Å². The molecule has 1 unspecified atom stereocenters. The smallest absolute Gasteiger partial charge is 0.355 e. The number of ether oxygens (including phenoxy) is 5. The maximum Gasteiger partial charge on any atom is 0.355 e. The van der Waals surface area contributed by atoms with Gasteiger partial charge >= 0.3 is 11.9 Å². The van der Waals surface area contributed by atoms with Gasteiger partial charge in [0.2, 0.25) is 0 Å². The second-order valence-electron chi connectivity index (χ2n) is 6.25. The van der Waals surface area contributed by atoms with E-state index in [9.17, 15) is 14.0 Å². The van der Waals surface area contributed by atoms with Gasteiger partial charge in [0.1, 0.15) is 30.5 Å². The van der Waals surface area contributed by atoms with Crippen molar-refractivity contribution < 1.29 is 37.7 Å². The third-order valence-electron chi connectivity index (χ3n) is 4.50. The lowest BCUT2D eigenvalue weighted by atomic mass is 10.1. The summed E-state index contributed by atoms with van der Waals surface area (Å²) in [7, 11) is 2.36. The Bertz CT molecular complexity index is 774. The number of halogens is 1. The topological polar surface area (TPSA) is 83.5 Å². The zero-order valence-electron chi connectivity index (χ0n) is 15.7. The van der Waals surface area contributed by atoms with Crippen LogP contribution in [0.3, 0.4) is 0 Å². The molecule has 0 radical (unpaired) electrons. The monoisotopic (exact) mass is 395 g/mol. The van der Waals surface area contributed by atoms with Gasteiger partial charge in [-0.1, -0.05) is 6.07 Å².